The van der Waals surface area contributed by atoms with E-state index in [9.17, 15) is 13.6 Å². The fourth-order valence-electron chi connectivity index (χ4n) is 1.27. The van der Waals surface area contributed by atoms with E-state index >= 15 is 0 Å². The van der Waals surface area contributed by atoms with E-state index in [0.717, 1.165) is 18.4 Å². The highest BCUT2D eigenvalue weighted by Gasteiger charge is 2.38. The van der Waals surface area contributed by atoms with Crippen molar-refractivity contribution >= 4 is 17.7 Å². The summed E-state index contributed by atoms with van der Waals surface area (Å²) in [5, 5.41) is 0. The Labute approximate surface area is 87.0 Å². The van der Waals surface area contributed by atoms with Gasteiger partial charge in [0.05, 0.1) is 5.92 Å². The van der Waals surface area contributed by atoms with E-state index in [1.54, 1.807) is 16.7 Å². The van der Waals surface area contributed by atoms with Crippen LogP contribution in [0, 0.1) is 5.92 Å². The van der Waals surface area contributed by atoms with Gasteiger partial charge in [0.1, 0.15) is 0 Å². The first kappa shape index (κ1) is 11.8. The lowest BCUT2D eigenvalue weighted by Crippen LogP contribution is -2.45. The summed E-state index contributed by atoms with van der Waals surface area (Å²) in [6.45, 7) is 3.30. The molecule has 0 spiro atoms. The highest BCUT2D eigenvalue weighted by atomic mass is 32.2. The first-order valence-electron chi connectivity index (χ1n) is 4.67. The fraction of sp³-hybridized carbons (Fsp3) is 0.889. The van der Waals surface area contributed by atoms with E-state index < -0.39 is 17.7 Å². The van der Waals surface area contributed by atoms with Crippen molar-refractivity contribution in [3.05, 3.63) is 0 Å². The predicted octanol–water partition coefficient (Wildman–Crippen LogP) is 1.85. The zero-order valence-electron chi connectivity index (χ0n) is 8.43. The Bertz CT molecular complexity index is 211. The SMILES string of the molecule is CC(C(=O)N1CCSCC1)C(C)(F)F. The number of carbonyl (C=O) groups is 1. The van der Waals surface area contributed by atoms with E-state index in [1.165, 1.54) is 6.92 Å². The summed E-state index contributed by atoms with van der Waals surface area (Å²) in [5.41, 5.74) is 0. The molecule has 1 saturated heterocycles. The van der Waals surface area contributed by atoms with Gasteiger partial charge in [-0.1, -0.05) is 0 Å². The molecule has 0 aromatic carbocycles. The molecule has 1 heterocycles. The Morgan fingerprint density at radius 3 is 2.36 bits per heavy atom. The monoisotopic (exact) mass is 223 g/mol. The minimum absolute atomic E-state index is 0.419. The van der Waals surface area contributed by atoms with E-state index in [1.807, 2.05) is 0 Å². The summed E-state index contributed by atoms with van der Waals surface area (Å²) < 4.78 is 25.7. The molecule has 2 nitrogen and oxygen atoms in total. The lowest BCUT2D eigenvalue weighted by atomic mass is 10.0. The molecule has 1 rings (SSSR count). The quantitative estimate of drug-likeness (QED) is 0.712. The topological polar surface area (TPSA) is 20.3 Å². The fourth-order valence-corrected chi connectivity index (χ4v) is 2.18. The molecule has 0 aliphatic carbocycles. The van der Waals surface area contributed by atoms with Crippen LogP contribution in [0.1, 0.15) is 13.8 Å². The second-order valence-corrected chi connectivity index (χ2v) is 4.84. The molecular weight excluding hydrogens is 208 g/mol. The van der Waals surface area contributed by atoms with E-state index in [2.05, 4.69) is 0 Å². The maximum atomic E-state index is 12.9. The highest BCUT2D eigenvalue weighted by molar-refractivity contribution is 7.99. The van der Waals surface area contributed by atoms with Crippen LogP contribution in [0.3, 0.4) is 0 Å². The number of hydrogen-bond donors (Lipinski definition) is 0. The third-order valence-corrected chi connectivity index (χ3v) is 3.40. The molecule has 1 aliphatic heterocycles. The van der Waals surface area contributed by atoms with Gasteiger partial charge in [0.2, 0.25) is 5.91 Å². The summed E-state index contributed by atoms with van der Waals surface area (Å²) in [7, 11) is 0. The Kier molecular flexibility index (Phi) is 3.75. The molecule has 14 heavy (non-hydrogen) atoms. The van der Waals surface area contributed by atoms with Crippen LogP contribution >= 0.6 is 11.8 Å². The number of carbonyl (C=O) groups excluding carboxylic acids is 1. The molecule has 1 aliphatic rings. The molecule has 1 amide bonds. The second kappa shape index (κ2) is 4.47. The highest BCUT2D eigenvalue weighted by Crippen LogP contribution is 2.26. The molecule has 0 N–H and O–H groups in total. The lowest BCUT2D eigenvalue weighted by Gasteiger charge is -2.30. The lowest BCUT2D eigenvalue weighted by molar-refractivity contribution is -0.146. The molecule has 82 valence electrons. The molecule has 1 unspecified atom stereocenters. The van der Waals surface area contributed by atoms with Crippen molar-refractivity contribution in [3.63, 3.8) is 0 Å². The molecule has 1 fully saturated rings. The van der Waals surface area contributed by atoms with Gasteiger partial charge in [-0.05, 0) is 6.92 Å². The van der Waals surface area contributed by atoms with Crippen molar-refractivity contribution in [1.82, 2.24) is 4.90 Å². The van der Waals surface area contributed by atoms with Crippen molar-refractivity contribution in [2.24, 2.45) is 5.92 Å². The van der Waals surface area contributed by atoms with Gasteiger partial charge in [-0.3, -0.25) is 4.79 Å². The summed E-state index contributed by atoms with van der Waals surface area (Å²) >= 11 is 1.75. The summed E-state index contributed by atoms with van der Waals surface area (Å²) in [4.78, 5) is 13.1. The number of thioether (sulfide) groups is 1. The Morgan fingerprint density at radius 1 is 1.43 bits per heavy atom. The van der Waals surface area contributed by atoms with Gasteiger partial charge >= 0.3 is 0 Å². The van der Waals surface area contributed by atoms with Gasteiger partial charge in [-0.15, -0.1) is 0 Å². The summed E-state index contributed by atoms with van der Waals surface area (Å²) in [6, 6.07) is 0. The zero-order valence-corrected chi connectivity index (χ0v) is 9.24. The van der Waals surface area contributed by atoms with Gasteiger partial charge in [-0.2, -0.15) is 11.8 Å². The number of alkyl halides is 2. The minimum atomic E-state index is -2.92. The van der Waals surface area contributed by atoms with E-state index in [-0.39, 0.29) is 0 Å². The van der Waals surface area contributed by atoms with Gasteiger partial charge < -0.3 is 4.90 Å². The third-order valence-electron chi connectivity index (χ3n) is 2.45. The summed E-state index contributed by atoms with van der Waals surface area (Å²) in [6.07, 6.45) is 0. The first-order chi connectivity index (χ1) is 6.43. The average Bonchev–Trinajstić information content (AvgIpc) is 2.15. The minimum Gasteiger partial charge on any atom is -0.341 e. The summed E-state index contributed by atoms with van der Waals surface area (Å²) in [5.74, 6) is -2.83. The molecule has 0 radical (unpaired) electrons. The predicted molar refractivity (Wildman–Crippen MR) is 53.7 cm³/mol. The van der Waals surface area contributed by atoms with Gasteiger partial charge in [-0.25, -0.2) is 8.78 Å². The van der Waals surface area contributed by atoms with Crippen LogP contribution in [0.25, 0.3) is 0 Å². The number of rotatable bonds is 2. The number of hydrogen-bond acceptors (Lipinski definition) is 2. The van der Waals surface area contributed by atoms with Gasteiger partial charge in [0, 0.05) is 31.5 Å². The van der Waals surface area contributed by atoms with Crippen molar-refractivity contribution in [2.45, 2.75) is 19.8 Å². The van der Waals surface area contributed by atoms with Crippen LogP contribution in [0.15, 0.2) is 0 Å². The van der Waals surface area contributed by atoms with Crippen LogP contribution in [0.4, 0.5) is 8.78 Å². The number of nitrogens with zero attached hydrogens (tertiary/aromatic N) is 1. The van der Waals surface area contributed by atoms with E-state index in [4.69, 9.17) is 0 Å². The number of amides is 1. The van der Waals surface area contributed by atoms with Gasteiger partial charge in [0.15, 0.2) is 0 Å². The molecule has 0 bridgehead atoms. The molecular formula is C9H15F2NOS. The molecule has 5 heteroatoms. The molecule has 0 aromatic heterocycles. The zero-order chi connectivity index (χ0) is 10.8. The average molecular weight is 223 g/mol. The Hall–Kier alpha value is -0.320. The maximum absolute atomic E-state index is 12.9. The maximum Gasteiger partial charge on any atom is 0.256 e. The largest absolute Gasteiger partial charge is 0.341 e. The normalized spacial score (nSPS) is 20.7. The van der Waals surface area contributed by atoms with Crippen LogP contribution in [-0.4, -0.2) is 41.3 Å². The Balaban J connectivity index is 2.55. The standard InChI is InChI=1S/C9H15F2NOS/c1-7(9(2,10)11)8(13)12-3-5-14-6-4-12/h7H,3-6H2,1-2H3. The molecule has 0 saturated carbocycles. The van der Waals surface area contributed by atoms with Crippen LogP contribution in [0.2, 0.25) is 0 Å². The van der Waals surface area contributed by atoms with Crippen LogP contribution in [0.5, 0.6) is 0 Å². The van der Waals surface area contributed by atoms with Gasteiger partial charge in [0.25, 0.3) is 5.92 Å². The number of halogens is 2. The third kappa shape index (κ3) is 2.83. The first-order valence-corrected chi connectivity index (χ1v) is 5.82. The van der Waals surface area contributed by atoms with Crippen LogP contribution in [-0.2, 0) is 4.79 Å². The second-order valence-electron chi connectivity index (χ2n) is 3.62. The van der Waals surface area contributed by atoms with Crippen molar-refractivity contribution < 1.29 is 13.6 Å². The smallest absolute Gasteiger partial charge is 0.256 e. The van der Waals surface area contributed by atoms with Crippen LogP contribution < -0.4 is 0 Å². The van der Waals surface area contributed by atoms with Crippen molar-refractivity contribution in [2.75, 3.05) is 24.6 Å². The molecule has 0 aromatic rings. The van der Waals surface area contributed by atoms with E-state index in [0.29, 0.717) is 13.1 Å². The van der Waals surface area contributed by atoms with Crippen molar-refractivity contribution in [3.8, 4) is 0 Å². The molecule has 1 atom stereocenters. The van der Waals surface area contributed by atoms with Crippen molar-refractivity contribution in [1.29, 1.82) is 0 Å². The Morgan fingerprint density at radius 2 is 1.93 bits per heavy atom.